The molecule has 6 heteroatoms. The van der Waals surface area contributed by atoms with Crippen molar-refractivity contribution in [3.8, 4) is 17.1 Å². The van der Waals surface area contributed by atoms with Crippen molar-refractivity contribution in [1.29, 1.82) is 0 Å². The molecule has 1 aliphatic rings. The van der Waals surface area contributed by atoms with Gasteiger partial charge in [-0.15, -0.1) is 10.2 Å². The van der Waals surface area contributed by atoms with Gasteiger partial charge < -0.3 is 14.6 Å². The standard InChI is InChI=1S/C21H22N4O2/c26-21(22-13-15-27-17-10-5-2-6-11-17)18-12-7-14-25-19(23-24-20(18)25)16-8-3-1-4-9-16/h1-6,8-11,18H,7,12-15H2,(H,22,26). The van der Waals surface area contributed by atoms with E-state index in [1.54, 1.807) is 0 Å². The zero-order valence-electron chi connectivity index (χ0n) is 15.0. The summed E-state index contributed by atoms with van der Waals surface area (Å²) >= 11 is 0. The van der Waals surface area contributed by atoms with Crippen molar-refractivity contribution in [1.82, 2.24) is 20.1 Å². The number of hydrogen-bond acceptors (Lipinski definition) is 4. The Hall–Kier alpha value is -3.15. The molecule has 0 fully saturated rings. The van der Waals surface area contributed by atoms with E-state index in [1.165, 1.54) is 0 Å². The molecule has 1 atom stereocenters. The molecule has 0 saturated heterocycles. The maximum atomic E-state index is 12.7. The van der Waals surface area contributed by atoms with Crippen LogP contribution in [0.4, 0.5) is 0 Å². The third-order valence-electron chi connectivity index (χ3n) is 4.73. The molecule has 2 heterocycles. The molecule has 3 aromatic rings. The molecule has 6 nitrogen and oxygen atoms in total. The molecule has 1 unspecified atom stereocenters. The highest BCUT2D eigenvalue weighted by atomic mass is 16.5. The predicted molar refractivity (Wildman–Crippen MR) is 102 cm³/mol. The summed E-state index contributed by atoms with van der Waals surface area (Å²) in [6, 6.07) is 19.6. The van der Waals surface area contributed by atoms with Crippen molar-refractivity contribution >= 4 is 5.91 Å². The first-order chi connectivity index (χ1) is 13.3. The molecule has 138 valence electrons. The molecular formula is C21H22N4O2. The third kappa shape index (κ3) is 3.84. The Morgan fingerprint density at radius 1 is 1.07 bits per heavy atom. The van der Waals surface area contributed by atoms with Crippen molar-refractivity contribution < 1.29 is 9.53 Å². The van der Waals surface area contributed by atoms with Gasteiger partial charge in [0.15, 0.2) is 5.82 Å². The van der Waals surface area contributed by atoms with Crippen LogP contribution in [0.15, 0.2) is 60.7 Å². The average molecular weight is 362 g/mol. The van der Waals surface area contributed by atoms with E-state index in [-0.39, 0.29) is 11.8 Å². The Labute approximate surface area is 158 Å². The highest BCUT2D eigenvalue weighted by Crippen LogP contribution is 2.30. The summed E-state index contributed by atoms with van der Waals surface area (Å²) in [6.45, 7) is 1.74. The van der Waals surface area contributed by atoms with Crippen molar-refractivity contribution in [2.24, 2.45) is 0 Å². The van der Waals surface area contributed by atoms with Crippen LogP contribution < -0.4 is 10.1 Å². The SMILES string of the molecule is O=C(NCCOc1ccccc1)C1CCCn2c(-c3ccccc3)nnc21. The van der Waals surface area contributed by atoms with E-state index < -0.39 is 0 Å². The molecule has 1 amide bonds. The summed E-state index contributed by atoms with van der Waals surface area (Å²) in [7, 11) is 0. The number of hydrogen-bond donors (Lipinski definition) is 1. The molecule has 1 N–H and O–H groups in total. The molecule has 2 aromatic carbocycles. The summed E-state index contributed by atoms with van der Waals surface area (Å²) in [4.78, 5) is 12.7. The van der Waals surface area contributed by atoms with Gasteiger partial charge in [0.05, 0.1) is 12.5 Å². The smallest absolute Gasteiger partial charge is 0.230 e. The van der Waals surface area contributed by atoms with Crippen molar-refractivity contribution in [2.75, 3.05) is 13.2 Å². The van der Waals surface area contributed by atoms with E-state index in [9.17, 15) is 4.79 Å². The van der Waals surface area contributed by atoms with Gasteiger partial charge in [0.1, 0.15) is 18.2 Å². The number of ether oxygens (including phenoxy) is 1. The largest absolute Gasteiger partial charge is 0.492 e. The van der Waals surface area contributed by atoms with Crippen molar-refractivity contribution in [2.45, 2.75) is 25.3 Å². The van der Waals surface area contributed by atoms with Gasteiger partial charge in [0.25, 0.3) is 0 Å². The van der Waals surface area contributed by atoms with Gasteiger partial charge in [-0.3, -0.25) is 4.79 Å². The Balaban J connectivity index is 1.39. The molecule has 0 spiro atoms. The maximum Gasteiger partial charge on any atom is 0.230 e. The second kappa shape index (κ2) is 8.03. The summed E-state index contributed by atoms with van der Waals surface area (Å²) < 4.78 is 7.70. The number of aromatic nitrogens is 3. The number of rotatable bonds is 6. The maximum absolute atomic E-state index is 12.7. The highest BCUT2D eigenvalue weighted by molar-refractivity contribution is 5.83. The average Bonchev–Trinajstić information content (AvgIpc) is 3.17. The number of carbonyl (C=O) groups is 1. The highest BCUT2D eigenvalue weighted by Gasteiger charge is 2.30. The molecule has 0 radical (unpaired) electrons. The van der Waals surface area contributed by atoms with E-state index in [1.807, 2.05) is 60.7 Å². The second-order valence-corrected chi connectivity index (χ2v) is 6.55. The van der Waals surface area contributed by atoms with E-state index in [2.05, 4.69) is 20.1 Å². The molecule has 0 aliphatic carbocycles. The van der Waals surface area contributed by atoms with Crippen LogP contribution in [0.3, 0.4) is 0 Å². The van der Waals surface area contributed by atoms with Gasteiger partial charge in [-0.25, -0.2) is 0 Å². The normalized spacial score (nSPS) is 15.8. The van der Waals surface area contributed by atoms with E-state index in [0.717, 1.165) is 42.3 Å². The first-order valence-corrected chi connectivity index (χ1v) is 9.27. The van der Waals surface area contributed by atoms with E-state index in [0.29, 0.717) is 13.2 Å². The lowest BCUT2D eigenvalue weighted by atomic mass is 9.97. The van der Waals surface area contributed by atoms with E-state index >= 15 is 0 Å². The van der Waals surface area contributed by atoms with Crippen LogP contribution in [-0.4, -0.2) is 33.8 Å². The van der Waals surface area contributed by atoms with Crippen LogP contribution in [0, 0.1) is 0 Å². The summed E-state index contributed by atoms with van der Waals surface area (Å²) in [5.74, 6) is 2.11. The number of nitrogens with one attached hydrogen (secondary N) is 1. The van der Waals surface area contributed by atoms with E-state index in [4.69, 9.17) is 4.74 Å². The number of para-hydroxylation sites is 1. The topological polar surface area (TPSA) is 69.0 Å². The minimum atomic E-state index is -0.263. The molecule has 4 rings (SSSR count). The van der Waals surface area contributed by atoms with Gasteiger partial charge in [-0.1, -0.05) is 48.5 Å². The molecule has 1 aromatic heterocycles. The fraction of sp³-hybridized carbons (Fsp3) is 0.286. The van der Waals surface area contributed by atoms with Crippen LogP contribution in [0.25, 0.3) is 11.4 Å². The lowest BCUT2D eigenvalue weighted by molar-refractivity contribution is -0.123. The van der Waals surface area contributed by atoms with Crippen LogP contribution in [0.5, 0.6) is 5.75 Å². The first-order valence-electron chi connectivity index (χ1n) is 9.27. The van der Waals surface area contributed by atoms with Gasteiger partial charge >= 0.3 is 0 Å². The number of amides is 1. The fourth-order valence-electron chi connectivity index (χ4n) is 3.41. The zero-order chi connectivity index (χ0) is 18.5. The Morgan fingerprint density at radius 3 is 2.59 bits per heavy atom. The number of benzene rings is 2. The number of nitrogens with zero attached hydrogens (tertiary/aromatic N) is 3. The van der Waals surface area contributed by atoms with Crippen molar-refractivity contribution in [3.63, 3.8) is 0 Å². The van der Waals surface area contributed by atoms with Crippen LogP contribution in [-0.2, 0) is 11.3 Å². The summed E-state index contributed by atoms with van der Waals surface area (Å²) in [5, 5.41) is 11.6. The Morgan fingerprint density at radius 2 is 1.81 bits per heavy atom. The molecule has 1 aliphatic heterocycles. The molecule has 0 saturated carbocycles. The minimum Gasteiger partial charge on any atom is -0.492 e. The van der Waals surface area contributed by atoms with Crippen LogP contribution in [0.2, 0.25) is 0 Å². The van der Waals surface area contributed by atoms with Gasteiger partial charge in [0, 0.05) is 12.1 Å². The number of carbonyl (C=O) groups excluding carboxylic acids is 1. The van der Waals surface area contributed by atoms with Crippen LogP contribution >= 0.6 is 0 Å². The predicted octanol–water partition coefficient (Wildman–Crippen LogP) is 3.02. The quantitative estimate of drug-likeness (QED) is 0.685. The third-order valence-corrected chi connectivity index (χ3v) is 4.73. The summed E-state index contributed by atoms with van der Waals surface area (Å²) in [6.07, 6.45) is 1.72. The lowest BCUT2D eigenvalue weighted by Crippen LogP contribution is -2.35. The summed E-state index contributed by atoms with van der Waals surface area (Å²) in [5.41, 5.74) is 1.02. The zero-order valence-corrected chi connectivity index (χ0v) is 15.0. The monoisotopic (exact) mass is 362 g/mol. The number of fused-ring (bicyclic) bond motifs is 1. The van der Waals surface area contributed by atoms with Crippen LogP contribution in [0.1, 0.15) is 24.6 Å². The minimum absolute atomic E-state index is 0.0142. The van der Waals surface area contributed by atoms with Gasteiger partial charge in [0.2, 0.25) is 5.91 Å². The Kier molecular flexibility index (Phi) is 5.14. The van der Waals surface area contributed by atoms with Gasteiger partial charge in [-0.05, 0) is 25.0 Å². The first kappa shape index (κ1) is 17.3. The van der Waals surface area contributed by atoms with Gasteiger partial charge in [-0.2, -0.15) is 0 Å². The Bertz CT molecular complexity index is 893. The molecular weight excluding hydrogens is 340 g/mol. The van der Waals surface area contributed by atoms with Crippen molar-refractivity contribution in [3.05, 3.63) is 66.5 Å². The fourth-order valence-corrected chi connectivity index (χ4v) is 3.41. The lowest BCUT2D eigenvalue weighted by Gasteiger charge is -2.23. The second-order valence-electron chi connectivity index (χ2n) is 6.55. The molecule has 27 heavy (non-hydrogen) atoms. The molecule has 0 bridgehead atoms.